The molecule has 0 atom stereocenters. The first-order chi connectivity index (χ1) is 10.4. The Kier molecular flexibility index (Phi) is 11.9. The highest BCUT2D eigenvalue weighted by molar-refractivity contribution is 6.50. The third-order valence-electron chi connectivity index (χ3n) is 2.45. The van der Waals surface area contributed by atoms with Crippen LogP contribution in [0.3, 0.4) is 0 Å². The van der Waals surface area contributed by atoms with E-state index >= 15 is 0 Å². The predicted molar refractivity (Wildman–Crippen MR) is 89.9 cm³/mol. The Morgan fingerprint density at radius 2 is 0.750 bits per heavy atom. The van der Waals surface area contributed by atoms with Gasteiger partial charge in [0.15, 0.2) is 0 Å². The summed E-state index contributed by atoms with van der Waals surface area (Å²) in [5.74, 6) is 0. The molecule has 2 aromatic heterocycles. The van der Waals surface area contributed by atoms with E-state index in [9.17, 15) is 17.3 Å². The lowest BCUT2D eigenvalue weighted by molar-refractivity contribution is -0.0000112. The van der Waals surface area contributed by atoms with Crippen molar-refractivity contribution in [3.8, 4) is 0 Å². The van der Waals surface area contributed by atoms with Gasteiger partial charge < -0.3 is 17.3 Å². The molecule has 2 nitrogen and oxygen atoms in total. The Bertz CT molecular complexity index is 478. The van der Waals surface area contributed by atoms with Crippen molar-refractivity contribution >= 4 is 7.25 Å². The standard InChI is InChI=1S/2C8H11N.BF4.H2I/c2*1-6-4-7(2)9-8(3)5-6;2-1(3,4)5;/h2*4-5H,1-3H3;;1H2/q;;-1;+1. The average Bonchev–Trinajstić information content (AvgIpc) is 2.22. The molecule has 0 saturated heterocycles. The fourth-order valence-electron chi connectivity index (χ4n) is 2.09. The maximum Gasteiger partial charge on any atom is 0.673 e. The van der Waals surface area contributed by atoms with Crippen LogP contribution in [-0.2, 0) is 0 Å². The second-order valence-corrected chi connectivity index (χ2v) is 5.35. The molecule has 0 aliphatic carbocycles. The second kappa shape index (κ2) is 11.4. The van der Waals surface area contributed by atoms with Crippen molar-refractivity contribution < 1.29 is 41.2 Å². The van der Waals surface area contributed by atoms with Gasteiger partial charge in [0.05, 0.1) is 0 Å². The minimum absolute atomic E-state index is 0. The van der Waals surface area contributed by atoms with Crippen LogP contribution in [0.1, 0.15) is 33.9 Å². The fourth-order valence-corrected chi connectivity index (χ4v) is 2.09. The van der Waals surface area contributed by atoms with Gasteiger partial charge in [-0.1, -0.05) is 0 Å². The van der Waals surface area contributed by atoms with Crippen LogP contribution in [0.5, 0.6) is 0 Å². The lowest BCUT2D eigenvalue weighted by Gasteiger charge is -1.96. The molecule has 0 radical (unpaired) electrons. The molecule has 136 valence electrons. The van der Waals surface area contributed by atoms with Gasteiger partial charge in [0.2, 0.25) is 24.0 Å². The summed E-state index contributed by atoms with van der Waals surface area (Å²) in [6.45, 7) is 12.2. The van der Waals surface area contributed by atoms with E-state index in [-0.39, 0.29) is 24.0 Å². The van der Waals surface area contributed by atoms with Gasteiger partial charge in [0.25, 0.3) is 0 Å². The average molecular weight is 458 g/mol. The maximum absolute atomic E-state index is 9.75. The highest BCUT2D eigenvalue weighted by Gasteiger charge is 2.20. The molecule has 0 aromatic carbocycles. The Labute approximate surface area is 158 Å². The zero-order chi connectivity index (χ0) is 18.2. The number of aryl methyl sites for hydroxylation is 6. The van der Waals surface area contributed by atoms with Gasteiger partial charge >= 0.3 is 7.25 Å². The van der Waals surface area contributed by atoms with E-state index in [0.29, 0.717) is 0 Å². The molecular weight excluding hydrogens is 434 g/mol. The summed E-state index contributed by atoms with van der Waals surface area (Å²) in [7, 11) is -6.00. The van der Waals surface area contributed by atoms with Gasteiger partial charge in [-0.15, -0.1) is 0 Å². The molecule has 0 aliphatic heterocycles. The molecule has 0 amide bonds. The summed E-state index contributed by atoms with van der Waals surface area (Å²) in [5.41, 5.74) is 7.00. The van der Waals surface area contributed by atoms with E-state index in [1.54, 1.807) is 0 Å². The molecule has 8 heteroatoms. The number of rotatable bonds is 0. The van der Waals surface area contributed by atoms with Crippen molar-refractivity contribution in [2.75, 3.05) is 0 Å². The zero-order valence-electron chi connectivity index (χ0n) is 14.7. The molecule has 0 N–H and O–H groups in total. The highest BCUT2D eigenvalue weighted by Crippen LogP contribution is 2.06. The molecule has 0 unspecified atom stereocenters. The number of hydrogen-bond acceptors (Lipinski definition) is 2. The van der Waals surface area contributed by atoms with Crippen molar-refractivity contribution in [1.82, 2.24) is 9.97 Å². The molecule has 24 heavy (non-hydrogen) atoms. The molecule has 0 fully saturated rings. The fraction of sp³-hybridized carbons (Fsp3) is 0.375. The van der Waals surface area contributed by atoms with Crippen LogP contribution in [0.4, 0.5) is 17.3 Å². The summed E-state index contributed by atoms with van der Waals surface area (Å²) < 4.78 is 39.0. The van der Waals surface area contributed by atoms with Crippen molar-refractivity contribution in [3.63, 3.8) is 0 Å². The van der Waals surface area contributed by atoms with E-state index in [2.05, 4.69) is 48.1 Å². The van der Waals surface area contributed by atoms with E-state index in [0.717, 1.165) is 22.8 Å². The molecular formula is C16H24BF4IN2. The third-order valence-corrected chi connectivity index (χ3v) is 2.45. The monoisotopic (exact) mass is 458 g/mol. The predicted octanol–water partition coefficient (Wildman–Crippen LogP) is 1.78. The lowest BCUT2D eigenvalue weighted by atomic mass is 10.2. The first-order valence-electron chi connectivity index (χ1n) is 7.08. The summed E-state index contributed by atoms with van der Waals surface area (Å²) in [6.07, 6.45) is 0. The topological polar surface area (TPSA) is 25.8 Å². The first-order valence-corrected chi connectivity index (χ1v) is 7.08. The van der Waals surface area contributed by atoms with Gasteiger partial charge in [-0.25, -0.2) is 0 Å². The summed E-state index contributed by atoms with van der Waals surface area (Å²) in [6, 6.07) is 8.31. The first kappa shape index (κ1) is 25.1. The minimum Gasteiger partial charge on any atom is -0.418 e. The molecule has 0 bridgehead atoms. The zero-order valence-corrected chi connectivity index (χ0v) is 17.3. The summed E-state index contributed by atoms with van der Waals surface area (Å²) >= 11 is 0. The van der Waals surface area contributed by atoms with E-state index in [1.807, 2.05) is 27.7 Å². The molecule has 2 heterocycles. The largest absolute Gasteiger partial charge is 0.673 e. The maximum atomic E-state index is 9.75. The van der Waals surface area contributed by atoms with Crippen molar-refractivity contribution in [2.45, 2.75) is 41.5 Å². The smallest absolute Gasteiger partial charge is 0.418 e. The van der Waals surface area contributed by atoms with Gasteiger partial charge in [0, 0.05) is 22.8 Å². The SMILES string of the molecule is Cc1cc(C)nc(C)c1.Cc1cc(C)nc(C)c1.F[B-](F)(F)F.[IH2+]. The molecule has 0 saturated carbocycles. The van der Waals surface area contributed by atoms with Crippen molar-refractivity contribution in [3.05, 3.63) is 58.2 Å². The Morgan fingerprint density at radius 1 is 0.583 bits per heavy atom. The van der Waals surface area contributed by atoms with Gasteiger partial charge in [0.1, 0.15) is 0 Å². The van der Waals surface area contributed by atoms with Gasteiger partial charge in [-0.2, -0.15) is 0 Å². The molecule has 2 aromatic rings. The van der Waals surface area contributed by atoms with Crippen LogP contribution in [-0.4, -0.2) is 17.2 Å². The molecule has 2 rings (SSSR count). The van der Waals surface area contributed by atoms with Crippen LogP contribution in [0.2, 0.25) is 0 Å². The van der Waals surface area contributed by atoms with Crippen LogP contribution in [0, 0.1) is 41.5 Å². The number of pyridine rings is 2. The number of halogens is 5. The quantitative estimate of drug-likeness (QED) is 0.342. The molecule has 0 aliphatic rings. The van der Waals surface area contributed by atoms with Crippen LogP contribution in [0.15, 0.2) is 24.3 Å². The Morgan fingerprint density at radius 3 is 0.875 bits per heavy atom. The van der Waals surface area contributed by atoms with E-state index < -0.39 is 7.25 Å². The van der Waals surface area contributed by atoms with Crippen LogP contribution < -0.4 is 24.0 Å². The van der Waals surface area contributed by atoms with Gasteiger partial charge in [-0.05, 0) is 76.9 Å². The van der Waals surface area contributed by atoms with Gasteiger partial charge in [-0.3, -0.25) is 9.97 Å². The lowest BCUT2D eigenvalue weighted by Crippen LogP contribution is -3.00. The highest BCUT2D eigenvalue weighted by atomic mass is 127. The number of aromatic nitrogens is 2. The van der Waals surface area contributed by atoms with Crippen LogP contribution >= 0.6 is 0 Å². The van der Waals surface area contributed by atoms with E-state index in [4.69, 9.17) is 0 Å². The Balaban J connectivity index is 0. The van der Waals surface area contributed by atoms with Crippen molar-refractivity contribution in [2.24, 2.45) is 0 Å². The summed E-state index contributed by atoms with van der Waals surface area (Å²) in [5, 5.41) is 0. The number of hydrogen-bond donors (Lipinski definition) is 0. The summed E-state index contributed by atoms with van der Waals surface area (Å²) in [4.78, 5) is 8.47. The normalized spacial score (nSPS) is 9.75. The Hall–Kier alpha value is -1.19. The molecule has 0 spiro atoms. The van der Waals surface area contributed by atoms with Crippen molar-refractivity contribution in [1.29, 1.82) is 0 Å². The van der Waals surface area contributed by atoms with Crippen LogP contribution in [0.25, 0.3) is 0 Å². The third kappa shape index (κ3) is 15.7. The van der Waals surface area contributed by atoms with E-state index in [1.165, 1.54) is 11.1 Å². The minimum atomic E-state index is -6.00. The second-order valence-electron chi connectivity index (χ2n) is 5.35. The number of nitrogens with zero attached hydrogens (tertiary/aromatic N) is 2.